The van der Waals surface area contributed by atoms with Crippen LogP contribution < -0.4 is 5.32 Å². The fraction of sp³-hybridized carbons (Fsp3) is 0.111. The van der Waals surface area contributed by atoms with Gasteiger partial charge in [0.15, 0.2) is 0 Å². The highest BCUT2D eigenvalue weighted by molar-refractivity contribution is 5.94. The van der Waals surface area contributed by atoms with Crippen molar-refractivity contribution in [3.63, 3.8) is 0 Å². The molecule has 0 spiro atoms. The van der Waals surface area contributed by atoms with Crippen molar-refractivity contribution in [1.82, 2.24) is 9.78 Å². The number of halogens is 1. The van der Waals surface area contributed by atoms with Gasteiger partial charge < -0.3 is 5.32 Å². The molecular formula is C18H14FN3O. The Kier molecular flexibility index (Phi) is 3.19. The van der Waals surface area contributed by atoms with Crippen LogP contribution in [0, 0.1) is 5.82 Å². The zero-order chi connectivity index (χ0) is 15.8. The molecule has 114 valence electrons. The van der Waals surface area contributed by atoms with Crippen molar-refractivity contribution in [3.8, 4) is 5.69 Å². The van der Waals surface area contributed by atoms with E-state index >= 15 is 0 Å². The van der Waals surface area contributed by atoms with E-state index in [9.17, 15) is 9.18 Å². The number of rotatable bonds is 2. The van der Waals surface area contributed by atoms with Gasteiger partial charge in [-0.3, -0.25) is 4.79 Å². The lowest BCUT2D eigenvalue weighted by molar-refractivity contribution is -0.116. The molecule has 1 aliphatic heterocycles. The van der Waals surface area contributed by atoms with Crippen LogP contribution in [-0.2, 0) is 4.79 Å². The number of carbonyl (C=O) groups excluding carboxylic acids is 1. The number of aromatic nitrogens is 2. The Bertz CT molecular complexity index is 856. The maximum atomic E-state index is 13.1. The summed E-state index contributed by atoms with van der Waals surface area (Å²) in [5.41, 5.74) is 2.77. The van der Waals surface area contributed by atoms with Crippen LogP contribution in [0.2, 0.25) is 0 Å². The van der Waals surface area contributed by atoms with Gasteiger partial charge in [-0.2, -0.15) is 5.10 Å². The van der Waals surface area contributed by atoms with Crippen molar-refractivity contribution in [3.05, 3.63) is 77.7 Å². The van der Waals surface area contributed by atoms with Gasteiger partial charge in [0.05, 0.1) is 11.9 Å². The van der Waals surface area contributed by atoms with E-state index in [1.54, 1.807) is 23.0 Å². The van der Waals surface area contributed by atoms with Crippen molar-refractivity contribution in [2.24, 2.45) is 0 Å². The predicted molar refractivity (Wildman–Crippen MR) is 85.1 cm³/mol. The van der Waals surface area contributed by atoms with E-state index in [4.69, 9.17) is 0 Å². The van der Waals surface area contributed by atoms with E-state index in [-0.39, 0.29) is 17.6 Å². The third-order valence-corrected chi connectivity index (χ3v) is 4.09. The van der Waals surface area contributed by atoms with Crippen LogP contribution in [0.1, 0.15) is 23.5 Å². The van der Waals surface area contributed by atoms with Crippen LogP contribution in [0.5, 0.6) is 0 Å². The zero-order valence-electron chi connectivity index (χ0n) is 12.2. The average Bonchev–Trinajstić information content (AvgIpc) is 2.99. The highest BCUT2D eigenvalue weighted by Crippen LogP contribution is 2.37. The summed E-state index contributed by atoms with van der Waals surface area (Å²) in [6, 6.07) is 15.9. The predicted octanol–water partition coefficient (Wildman–Crippen LogP) is 3.49. The van der Waals surface area contributed by atoms with Crippen LogP contribution in [0.15, 0.2) is 60.8 Å². The maximum Gasteiger partial charge on any atom is 0.226 e. The number of hydrogen-bond donors (Lipinski definition) is 1. The monoisotopic (exact) mass is 307 g/mol. The van der Waals surface area contributed by atoms with E-state index < -0.39 is 0 Å². The molecule has 23 heavy (non-hydrogen) atoms. The summed E-state index contributed by atoms with van der Waals surface area (Å²) in [6.07, 6.45) is 2.17. The van der Waals surface area contributed by atoms with Gasteiger partial charge in [0.1, 0.15) is 11.6 Å². The molecule has 4 nitrogen and oxygen atoms in total. The number of hydrogen-bond acceptors (Lipinski definition) is 2. The van der Waals surface area contributed by atoms with Gasteiger partial charge in [-0.15, -0.1) is 0 Å². The quantitative estimate of drug-likeness (QED) is 0.788. The lowest BCUT2D eigenvalue weighted by Gasteiger charge is -2.23. The lowest BCUT2D eigenvalue weighted by Crippen LogP contribution is -2.24. The molecule has 2 heterocycles. The molecule has 1 N–H and O–H groups in total. The fourth-order valence-electron chi connectivity index (χ4n) is 2.98. The summed E-state index contributed by atoms with van der Waals surface area (Å²) in [5, 5.41) is 7.28. The van der Waals surface area contributed by atoms with E-state index in [0.717, 1.165) is 11.1 Å². The first-order chi connectivity index (χ1) is 11.2. The minimum atomic E-state index is -0.305. The Morgan fingerprint density at radius 3 is 2.57 bits per heavy atom. The van der Waals surface area contributed by atoms with Crippen LogP contribution >= 0.6 is 0 Å². The van der Waals surface area contributed by atoms with Crippen LogP contribution in [-0.4, -0.2) is 15.7 Å². The molecule has 2 aromatic carbocycles. The Hall–Kier alpha value is -2.95. The van der Waals surface area contributed by atoms with Crippen LogP contribution in [0.3, 0.4) is 0 Å². The first kappa shape index (κ1) is 13.7. The topological polar surface area (TPSA) is 46.9 Å². The smallest absolute Gasteiger partial charge is 0.226 e. The fourth-order valence-corrected chi connectivity index (χ4v) is 2.98. The number of nitrogens with zero attached hydrogens (tertiary/aromatic N) is 2. The SMILES string of the molecule is O=C1C[C@@H](c2ccccc2)c2cnn(-c3ccc(F)cc3)c2N1. The summed E-state index contributed by atoms with van der Waals surface area (Å²) in [5.74, 6) is 0.284. The summed E-state index contributed by atoms with van der Waals surface area (Å²) in [6.45, 7) is 0. The summed E-state index contributed by atoms with van der Waals surface area (Å²) < 4.78 is 14.8. The third-order valence-electron chi connectivity index (χ3n) is 4.09. The first-order valence-electron chi connectivity index (χ1n) is 7.41. The zero-order valence-corrected chi connectivity index (χ0v) is 12.2. The van der Waals surface area contributed by atoms with Crippen LogP contribution in [0.4, 0.5) is 10.2 Å². The Labute approximate surface area is 132 Å². The highest BCUT2D eigenvalue weighted by Gasteiger charge is 2.30. The highest BCUT2D eigenvalue weighted by atomic mass is 19.1. The average molecular weight is 307 g/mol. The second kappa shape index (κ2) is 5.35. The molecular weight excluding hydrogens is 293 g/mol. The summed E-state index contributed by atoms with van der Waals surface area (Å²) in [7, 11) is 0. The molecule has 1 aliphatic rings. The standard InChI is InChI=1S/C18H14FN3O/c19-13-6-8-14(9-7-13)22-18-16(11-20-22)15(10-17(23)21-18)12-4-2-1-3-5-12/h1-9,11,15H,10H2,(H,21,23)/t15-/m0/s1. The molecule has 0 fully saturated rings. The van der Waals surface area contributed by atoms with E-state index in [0.29, 0.717) is 17.9 Å². The number of nitrogens with one attached hydrogen (secondary N) is 1. The minimum absolute atomic E-state index is 0.0193. The molecule has 0 unspecified atom stereocenters. The molecule has 5 heteroatoms. The van der Waals surface area contributed by atoms with Gasteiger partial charge in [0.2, 0.25) is 5.91 Å². The van der Waals surface area contributed by atoms with Gasteiger partial charge in [0.25, 0.3) is 0 Å². The molecule has 0 radical (unpaired) electrons. The van der Waals surface area contributed by atoms with Gasteiger partial charge in [0, 0.05) is 17.9 Å². The van der Waals surface area contributed by atoms with Crippen molar-refractivity contribution in [1.29, 1.82) is 0 Å². The summed E-state index contributed by atoms with van der Waals surface area (Å²) in [4.78, 5) is 12.1. The number of fused-ring (bicyclic) bond motifs is 1. The largest absolute Gasteiger partial charge is 0.310 e. The van der Waals surface area contributed by atoms with E-state index in [1.165, 1.54) is 12.1 Å². The molecule has 3 aromatic rings. The Balaban J connectivity index is 1.81. The Morgan fingerprint density at radius 2 is 1.83 bits per heavy atom. The molecule has 4 rings (SSSR count). The van der Waals surface area contributed by atoms with Gasteiger partial charge in [-0.05, 0) is 29.8 Å². The number of benzene rings is 2. The van der Waals surface area contributed by atoms with Crippen molar-refractivity contribution in [2.45, 2.75) is 12.3 Å². The van der Waals surface area contributed by atoms with Crippen LogP contribution in [0.25, 0.3) is 5.69 Å². The first-order valence-corrected chi connectivity index (χ1v) is 7.41. The number of carbonyl (C=O) groups is 1. The molecule has 0 saturated heterocycles. The van der Waals surface area contributed by atoms with E-state index in [1.807, 2.05) is 30.3 Å². The molecule has 0 saturated carbocycles. The van der Waals surface area contributed by atoms with Crippen molar-refractivity contribution >= 4 is 11.7 Å². The number of amides is 1. The normalized spacial score (nSPS) is 16.7. The molecule has 0 aliphatic carbocycles. The van der Waals surface area contributed by atoms with Gasteiger partial charge in [-0.1, -0.05) is 30.3 Å². The molecule has 1 amide bonds. The second-order valence-corrected chi connectivity index (χ2v) is 5.55. The number of anilines is 1. The lowest BCUT2D eigenvalue weighted by atomic mass is 9.87. The van der Waals surface area contributed by atoms with E-state index in [2.05, 4.69) is 10.4 Å². The maximum absolute atomic E-state index is 13.1. The molecule has 1 atom stereocenters. The van der Waals surface area contributed by atoms with Gasteiger partial charge in [-0.25, -0.2) is 9.07 Å². The van der Waals surface area contributed by atoms with Crippen molar-refractivity contribution in [2.75, 3.05) is 5.32 Å². The summed E-state index contributed by atoms with van der Waals surface area (Å²) >= 11 is 0. The van der Waals surface area contributed by atoms with Crippen molar-refractivity contribution < 1.29 is 9.18 Å². The molecule has 1 aromatic heterocycles. The minimum Gasteiger partial charge on any atom is -0.310 e. The second-order valence-electron chi connectivity index (χ2n) is 5.55. The Morgan fingerprint density at radius 1 is 1.09 bits per heavy atom. The molecule has 0 bridgehead atoms. The third kappa shape index (κ3) is 2.40. The van der Waals surface area contributed by atoms with Gasteiger partial charge >= 0.3 is 0 Å².